The van der Waals surface area contributed by atoms with E-state index in [1.807, 2.05) is 0 Å². The van der Waals surface area contributed by atoms with Crippen LogP contribution in [0.1, 0.15) is 23.7 Å². The fourth-order valence-electron chi connectivity index (χ4n) is 2.32. The highest BCUT2D eigenvalue weighted by Gasteiger charge is 2.24. The van der Waals surface area contributed by atoms with Crippen LogP contribution in [0.5, 0.6) is 0 Å². The molecule has 0 aromatic heterocycles. The zero-order chi connectivity index (χ0) is 14.0. The minimum atomic E-state index is -0.507. The van der Waals surface area contributed by atoms with Crippen LogP contribution in [0.25, 0.3) is 0 Å². The first-order chi connectivity index (χ1) is 9.04. The van der Waals surface area contributed by atoms with Crippen LogP contribution in [-0.2, 0) is 4.74 Å². The lowest BCUT2D eigenvalue weighted by Crippen LogP contribution is -2.45. The van der Waals surface area contributed by atoms with Crippen molar-refractivity contribution >= 4 is 33.2 Å². The molecule has 0 aliphatic carbocycles. The summed E-state index contributed by atoms with van der Waals surface area (Å²) in [6.07, 6.45) is 0.975. The van der Waals surface area contributed by atoms with Crippen LogP contribution < -0.4 is 16.4 Å². The third kappa shape index (κ3) is 2.84. The lowest BCUT2D eigenvalue weighted by atomic mass is 10.1. The number of hydrogen-bond acceptors (Lipinski definition) is 4. The van der Waals surface area contributed by atoms with Crippen LogP contribution in [-0.4, -0.2) is 31.7 Å². The van der Waals surface area contributed by atoms with Gasteiger partial charge in [-0.1, -0.05) is 6.92 Å². The first-order valence-corrected chi connectivity index (χ1v) is 7.07. The Balaban J connectivity index is 2.42. The maximum atomic E-state index is 11.4. The minimum Gasteiger partial charge on any atom is -0.398 e. The van der Waals surface area contributed by atoms with Gasteiger partial charge in [-0.25, -0.2) is 0 Å². The topological polar surface area (TPSA) is 81.6 Å². The fraction of sp³-hybridized carbons (Fsp3) is 0.462. The van der Waals surface area contributed by atoms with E-state index in [0.717, 1.165) is 23.1 Å². The smallest absolute Gasteiger partial charge is 0.250 e. The number of amides is 1. The first-order valence-electron chi connectivity index (χ1n) is 6.27. The average Bonchev–Trinajstić information content (AvgIpc) is 2.38. The molecule has 1 amide bonds. The normalized spacial score (nSPS) is 19.5. The van der Waals surface area contributed by atoms with Crippen LogP contribution in [0.4, 0.5) is 11.4 Å². The lowest BCUT2D eigenvalue weighted by Gasteiger charge is -2.37. The van der Waals surface area contributed by atoms with Gasteiger partial charge in [-0.2, -0.15) is 0 Å². The second-order valence-corrected chi connectivity index (χ2v) is 5.44. The molecule has 5 nitrogen and oxygen atoms in total. The van der Waals surface area contributed by atoms with Crippen molar-refractivity contribution in [1.82, 2.24) is 0 Å². The van der Waals surface area contributed by atoms with E-state index in [1.54, 1.807) is 12.1 Å². The quantitative estimate of drug-likeness (QED) is 0.828. The molecule has 1 heterocycles. The minimum absolute atomic E-state index is 0.300. The predicted molar refractivity (Wildman–Crippen MR) is 79.3 cm³/mol. The summed E-state index contributed by atoms with van der Waals surface area (Å²) < 4.78 is 6.36. The summed E-state index contributed by atoms with van der Waals surface area (Å²) in [5, 5.41) is 0. The standard InChI is InChI=1S/C13H18BrN3O2/c1-2-8-7-19-4-3-17(8)12-5-9(13(16)18)11(15)6-10(12)14/h5-6,8H,2-4,7,15H2,1H3,(H2,16,18). The molecule has 6 heteroatoms. The van der Waals surface area contributed by atoms with Crippen LogP contribution in [0.3, 0.4) is 0 Å². The summed E-state index contributed by atoms with van der Waals surface area (Å²) in [6.45, 7) is 4.28. The van der Waals surface area contributed by atoms with Crippen molar-refractivity contribution in [2.45, 2.75) is 19.4 Å². The van der Waals surface area contributed by atoms with Gasteiger partial charge < -0.3 is 21.1 Å². The highest BCUT2D eigenvalue weighted by Crippen LogP contribution is 2.33. The molecule has 1 aliphatic heterocycles. The van der Waals surface area contributed by atoms with Crippen molar-refractivity contribution in [3.05, 3.63) is 22.2 Å². The Kier molecular flexibility index (Phi) is 4.31. The third-order valence-corrected chi connectivity index (χ3v) is 4.03. The molecule has 0 spiro atoms. The Morgan fingerprint density at radius 3 is 2.95 bits per heavy atom. The number of halogens is 1. The van der Waals surface area contributed by atoms with Crippen LogP contribution in [0.2, 0.25) is 0 Å². The van der Waals surface area contributed by atoms with Crippen molar-refractivity contribution in [3.63, 3.8) is 0 Å². The average molecular weight is 328 g/mol. The summed E-state index contributed by atoms with van der Waals surface area (Å²) in [7, 11) is 0. The number of carbonyl (C=O) groups is 1. The predicted octanol–water partition coefficient (Wildman–Crippen LogP) is 1.75. The number of rotatable bonds is 3. The molecule has 1 aromatic rings. The molecule has 0 radical (unpaired) electrons. The Morgan fingerprint density at radius 2 is 2.32 bits per heavy atom. The van der Waals surface area contributed by atoms with E-state index >= 15 is 0 Å². The molecule has 1 aromatic carbocycles. The second-order valence-electron chi connectivity index (χ2n) is 4.59. The molecule has 19 heavy (non-hydrogen) atoms. The number of hydrogen-bond donors (Lipinski definition) is 2. The molecule has 1 unspecified atom stereocenters. The molecule has 2 rings (SSSR count). The van der Waals surface area contributed by atoms with Gasteiger partial charge in [0.1, 0.15) is 0 Å². The molecule has 4 N–H and O–H groups in total. The van der Waals surface area contributed by atoms with Crippen molar-refractivity contribution < 1.29 is 9.53 Å². The molecular formula is C13H18BrN3O2. The molecule has 104 valence electrons. The van der Waals surface area contributed by atoms with Gasteiger partial charge in [-0.15, -0.1) is 0 Å². The molecule has 1 aliphatic rings. The number of nitrogen functional groups attached to an aromatic ring is 1. The highest BCUT2D eigenvalue weighted by molar-refractivity contribution is 9.10. The zero-order valence-electron chi connectivity index (χ0n) is 10.9. The number of primary amides is 1. The van der Waals surface area contributed by atoms with Gasteiger partial charge in [0.05, 0.1) is 30.5 Å². The summed E-state index contributed by atoms with van der Waals surface area (Å²) in [5.41, 5.74) is 12.9. The Hall–Kier alpha value is -1.27. The molecule has 1 saturated heterocycles. The number of benzene rings is 1. The van der Waals surface area contributed by atoms with E-state index in [1.165, 1.54) is 0 Å². The van der Waals surface area contributed by atoms with E-state index < -0.39 is 5.91 Å². The van der Waals surface area contributed by atoms with Gasteiger partial charge >= 0.3 is 0 Å². The molecule has 0 saturated carbocycles. The van der Waals surface area contributed by atoms with Gasteiger partial charge in [-0.05, 0) is 34.5 Å². The maximum Gasteiger partial charge on any atom is 0.250 e. The Morgan fingerprint density at radius 1 is 1.58 bits per heavy atom. The van der Waals surface area contributed by atoms with E-state index in [0.29, 0.717) is 30.5 Å². The number of carbonyl (C=O) groups excluding carboxylic acids is 1. The summed E-state index contributed by atoms with van der Waals surface area (Å²) in [4.78, 5) is 13.6. The number of anilines is 2. The number of morpholine rings is 1. The SMILES string of the molecule is CCC1COCCN1c1cc(C(N)=O)c(N)cc1Br. The summed E-state index contributed by atoms with van der Waals surface area (Å²) in [5.74, 6) is -0.507. The maximum absolute atomic E-state index is 11.4. The van der Waals surface area contributed by atoms with Crippen LogP contribution in [0.15, 0.2) is 16.6 Å². The van der Waals surface area contributed by atoms with E-state index in [-0.39, 0.29) is 0 Å². The van der Waals surface area contributed by atoms with Gasteiger partial charge in [0.2, 0.25) is 0 Å². The molecule has 1 fully saturated rings. The van der Waals surface area contributed by atoms with Crippen LogP contribution >= 0.6 is 15.9 Å². The van der Waals surface area contributed by atoms with Crippen molar-refractivity contribution in [3.8, 4) is 0 Å². The number of ether oxygens (including phenoxy) is 1. The van der Waals surface area contributed by atoms with Crippen molar-refractivity contribution in [1.29, 1.82) is 0 Å². The first kappa shape index (κ1) is 14.1. The van der Waals surface area contributed by atoms with Crippen LogP contribution in [0, 0.1) is 0 Å². The summed E-state index contributed by atoms with van der Waals surface area (Å²) >= 11 is 3.51. The summed E-state index contributed by atoms with van der Waals surface area (Å²) in [6, 6.07) is 3.79. The Bertz CT molecular complexity index is 493. The van der Waals surface area contributed by atoms with E-state index in [4.69, 9.17) is 16.2 Å². The van der Waals surface area contributed by atoms with Gasteiger partial charge in [0.15, 0.2) is 0 Å². The highest BCUT2D eigenvalue weighted by atomic mass is 79.9. The zero-order valence-corrected chi connectivity index (χ0v) is 12.4. The fourth-order valence-corrected chi connectivity index (χ4v) is 2.91. The van der Waals surface area contributed by atoms with Gasteiger partial charge in [0, 0.05) is 16.7 Å². The second kappa shape index (κ2) is 5.79. The van der Waals surface area contributed by atoms with Crippen molar-refractivity contribution in [2.24, 2.45) is 5.73 Å². The van der Waals surface area contributed by atoms with E-state index in [9.17, 15) is 4.79 Å². The largest absolute Gasteiger partial charge is 0.398 e. The monoisotopic (exact) mass is 327 g/mol. The van der Waals surface area contributed by atoms with Gasteiger partial charge in [0.25, 0.3) is 5.91 Å². The molecule has 1 atom stereocenters. The third-order valence-electron chi connectivity index (χ3n) is 3.39. The van der Waals surface area contributed by atoms with E-state index in [2.05, 4.69) is 27.8 Å². The van der Waals surface area contributed by atoms with Crippen molar-refractivity contribution in [2.75, 3.05) is 30.4 Å². The number of nitrogens with two attached hydrogens (primary N) is 2. The lowest BCUT2D eigenvalue weighted by molar-refractivity contribution is 0.0929. The van der Waals surface area contributed by atoms with Gasteiger partial charge in [-0.3, -0.25) is 4.79 Å². The Labute approximate surface area is 121 Å². The number of nitrogens with zero attached hydrogens (tertiary/aromatic N) is 1. The molecular weight excluding hydrogens is 310 g/mol. The molecule has 0 bridgehead atoms.